The first kappa shape index (κ1) is 18.9. The monoisotopic (exact) mass is 433 g/mol. The Balaban J connectivity index is 1.31. The van der Waals surface area contributed by atoms with Crippen molar-refractivity contribution in [3.05, 3.63) is 46.5 Å². The Morgan fingerprint density at radius 3 is 2.81 bits per heavy atom. The molecule has 1 saturated heterocycles. The lowest BCUT2D eigenvalue weighted by molar-refractivity contribution is 0.122. The number of H-pyrrole nitrogens is 3. The highest BCUT2D eigenvalue weighted by molar-refractivity contribution is 5.82. The average Bonchev–Trinajstić information content (AvgIpc) is 3.46. The molecule has 164 valence electrons. The van der Waals surface area contributed by atoms with Gasteiger partial charge in [-0.05, 0) is 31.0 Å². The number of rotatable bonds is 6. The minimum atomic E-state index is -0.145. The van der Waals surface area contributed by atoms with E-state index in [4.69, 9.17) is 9.72 Å². The van der Waals surface area contributed by atoms with Gasteiger partial charge in [0.1, 0.15) is 0 Å². The first-order valence-electron chi connectivity index (χ1n) is 10.7. The number of benzene rings is 1. The molecule has 0 amide bonds. The predicted molar refractivity (Wildman–Crippen MR) is 121 cm³/mol. The molecule has 2 fully saturated rings. The first-order chi connectivity index (χ1) is 15.7. The number of nitrogens with zero attached hydrogens (tertiary/aromatic N) is 4. The Bertz CT molecular complexity index is 1310. The van der Waals surface area contributed by atoms with Gasteiger partial charge in [0, 0.05) is 36.5 Å². The van der Waals surface area contributed by atoms with Crippen molar-refractivity contribution in [3.63, 3.8) is 0 Å². The van der Waals surface area contributed by atoms with Gasteiger partial charge in [-0.2, -0.15) is 10.1 Å². The highest BCUT2D eigenvalue weighted by atomic mass is 16.5. The van der Waals surface area contributed by atoms with Gasteiger partial charge in [-0.1, -0.05) is 0 Å². The number of aromatic nitrogens is 6. The minimum Gasteiger partial charge on any atom is -0.378 e. The summed E-state index contributed by atoms with van der Waals surface area (Å²) in [4.78, 5) is 23.2. The Morgan fingerprint density at radius 1 is 1.09 bits per heavy atom. The van der Waals surface area contributed by atoms with Gasteiger partial charge in [-0.25, -0.2) is 4.98 Å². The lowest BCUT2D eigenvalue weighted by Crippen LogP contribution is -2.36. The molecule has 0 unspecified atom stereocenters. The number of hydrogen-bond acceptors (Lipinski definition) is 8. The summed E-state index contributed by atoms with van der Waals surface area (Å²) in [6.07, 6.45) is 4.23. The zero-order valence-corrected chi connectivity index (χ0v) is 17.3. The van der Waals surface area contributed by atoms with Gasteiger partial charge >= 0.3 is 0 Å². The van der Waals surface area contributed by atoms with Crippen molar-refractivity contribution in [1.29, 1.82) is 0 Å². The Labute approximate surface area is 182 Å². The second-order valence-corrected chi connectivity index (χ2v) is 8.10. The van der Waals surface area contributed by atoms with E-state index in [1.54, 1.807) is 6.07 Å². The van der Waals surface area contributed by atoms with Crippen molar-refractivity contribution in [1.82, 2.24) is 30.4 Å². The van der Waals surface area contributed by atoms with Crippen LogP contribution in [-0.4, -0.2) is 56.7 Å². The van der Waals surface area contributed by atoms with Crippen LogP contribution in [0.25, 0.3) is 10.9 Å². The van der Waals surface area contributed by atoms with Crippen molar-refractivity contribution in [2.45, 2.75) is 18.8 Å². The van der Waals surface area contributed by atoms with Crippen LogP contribution in [0, 0.1) is 0 Å². The Hall–Kier alpha value is -3.86. The van der Waals surface area contributed by atoms with Crippen LogP contribution in [0.4, 0.5) is 29.0 Å². The molecule has 3 aromatic heterocycles. The molecule has 1 aliphatic heterocycles. The highest BCUT2D eigenvalue weighted by Crippen LogP contribution is 2.40. The third-order valence-electron chi connectivity index (χ3n) is 5.81. The van der Waals surface area contributed by atoms with Crippen molar-refractivity contribution in [3.8, 4) is 0 Å². The topological polar surface area (TPSA) is 140 Å². The van der Waals surface area contributed by atoms with Gasteiger partial charge in [0.15, 0.2) is 11.6 Å². The summed E-state index contributed by atoms with van der Waals surface area (Å²) >= 11 is 0. The molecule has 11 nitrogen and oxygen atoms in total. The average molecular weight is 433 g/mol. The molecule has 1 aromatic carbocycles. The van der Waals surface area contributed by atoms with Crippen LogP contribution in [0.3, 0.4) is 0 Å². The molecule has 4 heterocycles. The van der Waals surface area contributed by atoms with Crippen molar-refractivity contribution < 1.29 is 4.74 Å². The first-order valence-corrected chi connectivity index (χ1v) is 10.7. The third-order valence-corrected chi connectivity index (χ3v) is 5.81. The second-order valence-electron chi connectivity index (χ2n) is 8.10. The molecular weight excluding hydrogens is 410 g/mol. The van der Waals surface area contributed by atoms with Gasteiger partial charge in [-0.3, -0.25) is 20.1 Å². The number of morpholine rings is 1. The fourth-order valence-corrected chi connectivity index (χ4v) is 3.93. The number of hydrogen-bond donors (Lipinski definition) is 5. The fourth-order valence-electron chi connectivity index (χ4n) is 3.93. The van der Waals surface area contributed by atoms with E-state index in [2.05, 4.69) is 40.9 Å². The van der Waals surface area contributed by atoms with Crippen LogP contribution in [0.1, 0.15) is 24.5 Å². The summed E-state index contributed by atoms with van der Waals surface area (Å²) in [6.45, 7) is 2.89. The maximum absolute atomic E-state index is 11.7. The van der Waals surface area contributed by atoms with E-state index in [1.165, 1.54) is 12.8 Å². The zero-order valence-electron chi connectivity index (χ0n) is 17.3. The third kappa shape index (κ3) is 3.66. The summed E-state index contributed by atoms with van der Waals surface area (Å²) < 4.78 is 5.50. The van der Waals surface area contributed by atoms with Crippen LogP contribution >= 0.6 is 0 Å². The maximum Gasteiger partial charge on any atom is 0.271 e. The molecule has 0 atom stereocenters. The van der Waals surface area contributed by atoms with E-state index in [9.17, 15) is 4.79 Å². The summed E-state index contributed by atoms with van der Waals surface area (Å²) in [6, 6.07) is 7.48. The van der Waals surface area contributed by atoms with Crippen molar-refractivity contribution >= 4 is 39.9 Å². The van der Waals surface area contributed by atoms with E-state index in [1.807, 2.05) is 24.4 Å². The van der Waals surface area contributed by atoms with Crippen molar-refractivity contribution in [2.24, 2.45) is 0 Å². The number of aromatic amines is 3. The molecule has 1 saturated carbocycles. The standard InChI is InChI=1S/C21H23N9O2/c31-20-14-4-3-13(9-16(14)27-29-20)23-21-22-11-17(30-5-7-32-8-6-30)19(25-21)24-18-10-15(26-28-18)12-1-2-12/h3-4,9-12H,1-2,5-8H2,(H2,27,29,31)(H3,22,23,24,25,26,28). The van der Waals surface area contributed by atoms with Gasteiger partial charge in [0.05, 0.1) is 36.0 Å². The fraction of sp³-hybridized carbons (Fsp3) is 0.333. The molecule has 0 radical (unpaired) electrons. The highest BCUT2D eigenvalue weighted by Gasteiger charge is 2.26. The lowest BCUT2D eigenvalue weighted by Gasteiger charge is -2.29. The van der Waals surface area contributed by atoms with Crippen LogP contribution in [0.5, 0.6) is 0 Å². The van der Waals surface area contributed by atoms with Crippen LogP contribution in [0.15, 0.2) is 35.3 Å². The number of fused-ring (bicyclic) bond motifs is 1. The molecule has 6 rings (SSSR count). The lowest BCUT2D eigenvalue weighted by atomic mass is 10.2. The largest absolute Gasteiger partial charge is 0.378 e. The quantitative estimate of drug-likeness (QED) is 0.313. The van der Waals surface area contributed by atoms with E-state index in [0.29, 0.717) is 41.8 Å². The van der Waals surface area contributed by atoms with Gasteiger partial charge in [0.2, 0.25) is 5.95 Å². The van der Waals surface area contributed by atoms with E-state index in [-0.39, 0.29) is 5.56 Å². The molecule has 2 aliphatic rings. The predicted octanol–water partition coefficient (Wildman–Crippen LogP) is 2.57. The summed E-state index contributed by atoms with van der Waals surface area (Å²) in [5.41, 5.74) is 3.40. The molecule has 0 spiro atoms. The molecule has 11 heteroatoms. The van der Waals surface area contributed by atoms with Gasteiger partial charge in [0.25, 0.3) is 5.56 Å². The molecule has 5 N–H and O–H groups in total. The van der Waals surface area contributed by atoms with Crippen molar-refractivity contribution in [2.75, 3.05) is 41.8 Å². The molecule has 4 aromatic rings. The summed E-state index contributed by atoms with van der Waals surface area (Å²) in [5, 5.41) is 20.2. The SMILES string of the molecule is O=c1[nH][nH]c2cc(Nc3ncc(N4CCOCC4)c(Nc4cc(C5CC5)[nH]n4)n3)ccc12. The normalized spacial score (nSPS) is 16.4. The minimum absolute atomic E-state index is 0.145. The smallest absolute Gasteiger partial charge is 0.271 e. The van der Waals surface area contributed by atoms with E-state index >= 15 is 0 Å². The molecule has 1 aliphatic carbocycles. The zero-order chi connectivity index (χ0) is 21.5. The van der Waals surface area contributed by atoms with E-state index in [0.717, 1.165) is 36.0 Å². The number of nitrogens with one attached hydrogen (secondary N) is 5. The van der Waals surface area contributed by atoms with Crippen LogP contribution < -0.4 is 21.1 Å². The number of ether oxygens (including phenoxy) is 1. The molecule has 0 bridgehead atoms. The summed E-state index contributed by atoms with van der Waals surface area (Å²) in [7, 11) is 0. The molecule has 32 heavy (non-hydrogen) atoms. The van der Waals surface area contributed by atoms with Gasteiger partial charge in [-0.15, -0.1) is 0 Å². The maximum atomic E-state index is 11.7. The van der Waals surface area contributed by atoms with Crippen LogP contribution in [-0.2, 0) is 4.74 Å². The summed E-state index contributed by atoms with van der Waals surface area (Å²) in [5.74, 6) is 2.45. The molecular formula is C21H23N9O2. The number of anilines is 5. The Kier molecular flexibility index (Phi) is 4.53. The second kappa shape index (κ2) is 7.68. The van der Waals surface area contributed by atoms with Crippen LogP contribution in [0.2, 0.25) is 0 Å². The van der Waals surface area contributed by atoms with Gasteiger partial charge < -0.3 is 20.3 Å². The Morgan fingerprint density at radius 2 is 1.97 bits per heavy atom. The van der Waals surface area contributed by atoms with E-state index < -0.39 is 0 Å².